The van der Waals surface area contributed by atoms with Crippen molar-refractivity contribution in [3.8, 4) is 0 Å². The van der Waals surface area contributed by atoms with E-state index >= 15 is 0 Å². The molecular formula is C7H15N3. The highest BCUT2D eigenvalue weighted by molar-refractivity contribution is 5.90. The van der Waals surface area contributed by atoms with E-state index in [0.717, 1.165) is 19.6 Å². The lowest BCUT2D eigenvalue weighted by molar-refractivity contribution is 0.397. The Morgan fingerprint density at radius 3 is 2.90 bits per heavy atom. The molecule has 10 heavy (non-hydrogen) atoms. The first-order chi connectivity index (χ1) is 4.77. The summed E-state index contributed by atoms with van der Waals surface area (Å²) in [7, 11) is 3.94. The zero-order chi connectivity index (χ0) is 7.56. The first-order valence-electron chi connectivity index (χ1n) is 3.62. The molecule has 3 heteroatoms. The van der Waals surface area contributed by atoms with Crippen LogP contribution in [0.1, 0.15) is 0 Å². The van der Waals surface area contributed by atoms with Crippen molar-refractivity contribution in [1.82, 2.24) is 4.90 Å². The van der Waals surface area contributed by atoms with Gasteiger partial charge >= 0.3 is 0 Å². The maximum atomic E-state index is 5.55. The van der Waals surface area contributed by atoms with E-state index in [1.807, 2.05) is 7.05 Å². The topological polar surface area (TPSA) is 41.6 Å². The third-order valence-corrected chi connectivity index (χ3v) is 2.01. The maximum Gasteiger partial charge on any atom is 0.0364 e. The van der Waals surface area contributed by atoms with Crippen molar-refractivity contribution in [3.05, 3.63) is 0 Å². The SMILES string of the molecule is CN=C1CN(C)CC1CN. The molecule has 3 nitrogen and oxygen atoms in total. The highest BCUT2D eigenvalue weighted by Gasteiger charge is 2.23. The van der Waals surface area contributed by atoms with Crippen LogP contribution in [-0.4, -0.2) is 44.3 Å². The fourth-order valence-electron chi connectivity index (χ4n) is 1.42. The molecule has 1 aliphatic rings. The molecule has 0 bridgehead atoms. The van der Waals surface area contributed by atoms with Crippen LogP contribution in [0.25, 0.3) is 0 Å². The smallest absolute Gasteiger partial charge is 0.0364 e. The average molecular weight is 141 g/mol. The molecule has 2 N–H and O–H groups in total. The fourth-order valence-corrected chi connectivity index (χ4v) is 1.42. The van der Waals surface area contributed by atoms with Crippen LogP contribution in [-0.2, 0) is 0 Å². The van der Waals surface area contributed by atoms with Gasteiger partial charge in [0.1, 0.15) is 0 Å². The Hall–Kier alpha value is -0.410. The zero-order valence-electron chi connectivity index (χ0n) is 6.67. The van der Waals surface area contributed by atoms with Gasteiger partial charge in [0.2, 0.25) is 0 Å². The lowest BCUT2D eigenvalue weighted by Crippen LogP contribution is -2.22. The van der Waals surface area contributed by atoms with Gasteiger partial charge in [-0.15, -0.1) is 0 Å². The van der Waals surface area contributed by atoms with Gasteiger partial charge in [-0.3, -0.25) is 4.99 Å². The summed E-state index contributed by atoms with van der Waals surface area (Å²) in [6.45, 7) is 2.80. The van der Waals surface area contributed by atoms with Crippen molar-refractivity contribution >= 4 is 5.71 Å². The van der Waals surface area contributed by atoms with Crippen LogP contribution in [0.2, 0.25) is 0 Å². The fraction of sp³-hybridized carbons (Fsp3) is 0.857. The lowest BCUT2D eigenvalue weighted by atomic mass is 10.1. The van der Waals surface area contributed by atoms with Crippen LogP contribution in [0.5, 0.6) is 0 Å². The molecule has 58 valence electrons. The van der Waals surface area contributed by atoms with Gasteiger partial charge in [-0.2, -0.15) is 0 Å². The molecule has 0 aliphatic carbocycles. The largest absolute Gasteiger partial charge is 0.330 e. The summed E-state index contributed by atoms with van der Waals surface area (Å²) in [6.07, 6.45) is 0. The van der Waals surface area contributed by atoms with Crippen molar-refractivity contribution in [2.75, 3.05) is 33.7 Å². The van der Waals surface area contributed by atoms with Crippen LogP contribution in [0.3, 0.4) is 0 Å². The second-order valence-electron chi connectivity index (χ2n) is 2.84. The van der Waals surface area contributed by atoms with E-state index in [2.05, 4.69) is 16.9 Å². The van der Waals surface area contributed by atoms with Gasteiger partial charge in [0.05, 0.1) is 0 Å². The first kappa shape index (κ1) is 7.69. The quantitative estimate of drug-likeness (QED) is 0.539. The van der Waals surface area contributed by atoms with E-state index in [1.54, 1.807) is 0 Å². The van der Waals surface area contributed by atoms with Crippen molar-refractivity contribution < 1.29 is 0 Å². The monoisotopic (exact) mass is 141 g/mol. The second kappa shape index (κ2) is 3.12. The molecule has 1 atom stereocenters. The Balaban J connectivity index is 2.58. The van der Waals surface area contributed by atoms with E-state index in [1.165, 1.54) is 5.71 Å². The second-order valence-corrected chi connectivity index (χ2v) is 2.84. The molecule has 0 saturated carbocycles. The standard InChI is InChI=1S/C7H15N3/c1-9-7-5-10(2)4-6(7)3-8/h6H,3-5,8H2,1-2H3. The number of aliphatic imine (C=N–C) groups is 1. The van der Waals surface area contributed by atoms with E-state index in [4.69, 9.17) is 5.73 Å². The molecule has 1 aliphatic heterocycles. The van der Waals surface area contributed by atoms with E-state index in [0.29, 0.717) is 5.92 Å². The molecule has 0 spiro atoms. The normalized spacial score (nSPS) is 31.9. The van der Waals surface area contributed by atoms with Crippen molar-refractivity contribution in [2.45, 2.75) is 0 Å². The number of nitrogens with zero attached hydrogens (tertiary/aromatic N) is 2. The molecule has 1 saturated heterocycles. The Bertz CT molecular complexity index is 142. The summed E-state index contributed by atoms with van der Waals surface area (Å²) >= 11 is 0. The Kier molecular flexibility index (Phi) is 2.40. The number of rotatable bonds is 1. The van der Waals surface area contributed by atoms with E-state index in [9.17, 15) is 0 Å². The number of hydrogen-bond acceptors (Lipinski definition) is 3. The number of likely N-dealkylation sites (tertiary alicyclic amines) is 1. The van der Waals surface area contributed by atoms with Crippen LogP contribution in [0, 0.1) is 5.92 Å². The van der Waals surface area contributed by atoms with Gasteiger partial charge in [0, 0.05) is 38.3 Å². The average Bonchev–Trinajstić information content (AvgIpc) is 2.30. The summed E-state index contributed by atoms with van der Waals surface area (Å²) in [6, 6.07) is 0. The zero-order valence-corrected chi connectivity index (χ0v) is 6.67. The van der Waals surface area contributed by atoms with Crippen LogP contribution in [0.4, 0.5) is 0 Å². The molecule has 1 heterocycles. The predicted molar refractivity (Wildman–Crippen MR) is 43.4 cm³/mol. The Labute approximate surface area is 61.9 Å². The van der Waals surface area contributed by atoms with Gasteiger partial charge in [-0.1, -0.05) is 0 Å². The molecular weight excluding hydrogens is 126 g/mol. The Morgan fingerprint density at radius 1 is 1.80 bits per heavy atom. The van der Waals surface area contributed by atoms with Crippen molar-refractivity contribution in [1.29, 1.82) is 0 Å². The highest BCUT2D eigenvalue weighted by Crippen LogP contribution is 2.09. The van der Waals surface area contributed by atoms with Crippen molar-refractivity contribution in [3.63, 3.8) is 0 Å². The molecule has 0 aromatic rings. The van der Waals surface area contributed by atoms with Crippen LogP contribution >= 0.6 is 0 Å². The minimum absolute atomic E-state index is 0.509. The third kappa shape index (κ3) is 1.36. The molecule has 0 radical (unpaired) electrons. The van der Waals surface area contributed by atoms with Gasteiger partial charge in [-0.25, -0.2) is 0 Å². The summed E-state index contributed by atoms with van der Waals surface area (Å²) in [5.41, 5.74) is 6.81. The first-order valence-corrected chi connectivity index (χ1v) is 3.62. The molecule has 0 amide bonds. The molecule has 1 rings (SSSR count). The minimum atomic E-state index is 0.509. The van der Waals surface area contributed by atoms with Crippen LogP contribution in [0.15, 0.2) is 4.99 Å². The molecule has 0 aromatic heterocycles. The molecule has 1 unspecified atom stereocenters. The maximum absolute atomic E-state index is 5.55. The van der Waals surface area contributed by atoms with E-state index in [-0.39, 0.29) is 0 Å². The summed E-state index contributed by atoms with van der Waals surface area (Å²) < 4.78 is 0. The summed E-state index contributed by atoms with van der Waals surface area (Å²) in [4.78, 5) is 6.44. The van der Waals surface area contributed by atoms with Gasteiger partial charge < -0.3 is 10.6 Å². The number of hydrogen-bond donors (Lipinski definition) is 1. The van der Waals surface area contributed by atoms with Gasteiger partial charge in [-0.05, 0) is 7.05 Å². The van der Waals surface area contributed by atoms with Gasteiger partial charge in [0.25, 0.3) is 0 Å². The summed E-state index contributed by atoms with van der Waals surface area (Å²) in [5, 5.41) is 0. The van der Waals surface area contributed by atoms with Gasteiger partial charge in [0.15, 0.2) is 0 Å². The van der Waals surface area contributed by atoms with Crippen molar-refractivity contribution in [2.24, 2.45) is 16.6 Å². The Morgan fingerprint density at radius 2 is 2.50 bits per heavy atom. The highest BCUT2D eigenvalue weighted by atomic mass is 15.1. The lowest BCUT2D eigenvalue weighted by Gasteiger charge is -2.05. The van der Waals surface area contributed by atoms with E-state index < -0.39 is 0 Å². The minimum Gasteiger partial charge on any atom is -0.330 e. The molecule has 1 fully saturated rings. The molecule has 0 aromatic carbocycles. The summed E-state index contributed by atoms with van der Waals surface area (Å²) in [5.74, 6) is 0.509. The van der Waals surface area contributed by atoms with Crippen LogP contribution < -0.4 is 5.73 Å². The predicted octanol–water partition coefficient (Wildman–Crippen LogP) is -0.422. The third-order valence-electron chi connectivity index (χ3n) is 2.01. The number of nitrogens with two attached hydrogens (primary N) is 1.